The van der Waals surface area contributed by atoms with Crippen LogP contribution >= 0.6 is 0 Å². The van der Waals surface area contributed by atoms with Gasteiger partial charge in [-0.2, -0.15) is 4.98 Å². The van der Waals surface area contributed by atoms with E-state index in [0.717, 1.165) is 48.9 Å². The van der Waals surface area contributed by atoms with E-state index in [4.69, 9.17) is 25.2 Å². The number of pyridine rings is 1. The number of nitrogens with zero attached hydrogens (tertiary/aromatic N) is 6. The minimum Gasteiger partial charge on any atom is -0.494 e. The number of nitrogen functional groups attached to an aromatic ring is 1. The van der Waals surface area contributed by atoms with E-state index in [0.29, 0.717) is 35.4 Å². The van der Waals surface area contributed by atoms with Crippen molar-refractivity contribution in [2.75, 3.05) is 67.7 Å². The molecule has 4 rings (SSSR count). The minimum absolute atomic E-state index is 0.260. The molecule has 0 radical (unpaired) electrons. The number of aryl methyl sites for hydroxylation is 1. The van der Waals surface area contributed by atoms with Crippen molar-refractivity contribution in [1.29, 1.82) is 0 Å². The third-order valence-corrected chi connectivity index (χ3v) is 7.74. The predicted molar refractivity (Wildman–Crippen MR) is 173 cm³/mol. The van der Waals surface area contributed by atoms with Crippen LogP contribution < -0.4 is 25.6 Å². The van der Waals surface area contributed by atoms with Gasteiger partial charge in [-0.05, 0) is 52.1 Å². The molecular formula is C32H46N8O3. The Labute approximate surface area is 255 Å². The summed E-state index contributed by atoms with van der Waals surface area (Å²) in [5, 5.41) is 3.28. The van der Waals surface area contributed by atoms with Crippen molar-refractivity contribution in [3.8, 4) is 5.75 Å². The molecule has 11 heteroatoms. The average Bonchev–Trinajstić information content (AvgIpc) is 3.22. The number of methoxy groups -OCH3 is 1. The second-order valence-electron chi connectivity index (χ2n) is 11.9. The molecule has 3 N–H and O–H groups in total. The molecule has 0 atom stereocenters. The van der Waals surface area contributed by atoms with E-state index < -0.39 is 5.97 Å². The number of nitrogens with two attached hydrogens (primary N) is 1. The molecule has 0 unspecified atom stereocenters. The number of nitrogens with one attached hydrogen (secondary N) is 1. The zero-order valence-corrected chi connectivity index (χ0v) is 27.0. The quantitative estimate of drug-likeness (QED) is 0.211. The van der Waals surface area contributed by atoms with E-state index in [2.05, 4.69) is 47.8 Å². The molecule has 43 heavy (non-hydrogen) atoms. The number of hydrogen-bond acceptors (Lipinski definition) is 11. The molecule has 0 aliphatic carbocycles. The Balaban J connectivity index is 1.71. The number of anilines is 6. The van der Waals surface area contributed by atoms with Gasteiger partial charge >= 0.3 is 5.97 Å². The van der Waals surface area contributed by atoms with Gasteiger partial charge in [-0.1, -0.05) is 27.7 Å². The van der Waals surface area contributed by atoms with E-state index in [-0.39, 0.29) is 17.1 Å². The van der Waals surface area contributed by atoms with Crippen LogP contribution in [0.3, 0.4) is 0 Å². The fourth-order valence-electron chi connectivity index (χ4n) is 5.33. The maximum absolute atomic E-state index is 13.2. The zero-order chi connectivity index (χ0) is 31.5. The smallest absolute Gasteiger partial charge is 0.343 e. The summed E-state index contributed by atoms with van der Waals surface area (Å²) in [6.07, 6.45) is 1.22. The van der Waals surface area contributed by atoms with Crippen LogP contribution in [0, 0.1) is 6.92 Å². The molecule has 1 aliphatic rings. The highest BCUT2D eigenvalue weighted by atomic mass is 16.5. The number of fused-ring (bicyclic) bond motifs is 1. The first kappa shape index (κ1) is 31.8. The normalized spacial score (nSPS) is 13.8. The number of hydrogen-bond donors (Lipinski definition) is 2. The molecule has 3 heterocycles. The van der Waals surface area contributed by atoms with Crippen LogP contribution in [0.4, 0.5) is 34.5 Å². The Morgan fingerprint density at radius 3 is 2.53 bits per heavy atom. The van der Waals surface area contributed by atoms with Crippen LogP contribution in [-0.4, -0.2) is 78.8 Å². The van der Waals surface area contributed by atoms with E-state index in [9.17, 15) is 4.79 Å². The Morgan fingerprint density at radius 1 is 1.16 bits per heavy atom. The number of benzene rings is 1. The maximum atomic E-state index is 13.2. The molecule has 0 amide bonds. The van der Waals surface area contributed by atoms with Crippen molar-refractivity contribution in [3.05, 3.63) is 47.4 Å². The Bertz CT molecular complexity index is 1450. The summed E-state index contributed by atoms with van der Waals surface area (Å²) in [5.74, 6) is 0.851. The molecule has 1 aliphatic heterocycles. The van der Waals surface area contributed by atoms with Gasteiger partial charge in [0.2, 0.25) is 5.95 Å². The number of carbonyl (C=O) groups excluding carboxylic acids is 1. The molecule has 0 spiro atoms. The number of ether oxygens (including phenoxy) is 2. The Hall–Kier alpha value is -4.12. The van der Waals surface area contributed by atoms with Crippen LogP contribution in [-0.2, 0) is 10.2 Å². The number of esters is 1. The summed E-state index contributed by atoms with van der Waals surface area (Å²) in [7, 11) is 3.64. The molecule has 1 aromatic carbocycles. The molecule has 3 aromatic rings. The van der Waals surface area contributed by atoms with Gasteiger partial charge in [0.1, 0.15) is 11.3 Å². The summed E-state index contributed by atoms with van der Waals surface area (Å²) in [6, 6.07) is 7.74. The van der Waals surface area contributed by atoms with E-state index >= 15 is 0 Å². The lowest BCUT2D eigenvalue weighted by Crippen LogP contribution is -2.33. The summed E-state index contributed by atoms with van der Waals surface area (Å²) >= 11 is 0. The van der Waals surface area contributed by atoms with Crippen LogP contribution in [0.15, 0.2) is 30.5 Å². The summed E-state index contributed by atoms with van der Waals surface area (Å²) < 4.78 is 11.3. The molecule has 232 valence electrons. The second kappa shape index (κ2) is 13.0. The molecular weight excluding hydrogens is 544 g/mol. The van der Waals surface area contributed by atoms with Gasteiger partial charge in [-0.25, -0.2) is 9.78 Å². The Kier molecular flexibility index (Phi) is 9.64. The molecule has 0 saturated carbocycles. The lowest BCUT2D eigenvalue weighted by atomic mass is 9.91. The summed E-state index contributed by atoms with van der Waals surface area (Å²) in [6.45, 7) is 18.5. The van der Waals surface area contributed by atoms with Crippen LogP contribution in [0.1, 0.15) is 63.3 Å². The Morgan fingerprint density at radius 2 is 1.88 bits per heavy atom. The lowest BCUT2D eigenvalue weighted by Gasteiger charge is -2.26. The largest absolute Gasteiger partial charge is 0.494 e. The van der Waals surface area contributed by atoms with Crippen molar-refractivity contribution in [3.63, 3.8) is 0 Å². The van der Waals surface area contributed by atoms with Crippen LogP contribution in [0.25, 0.3) is 0 Å². The molecule has 0 fully saturated rings. The monoisotopic (exact) mass is 590 g/mol. The average molecular weight is 591 g/mol. The van der Waals surface area contributed by atoms with Gasteiger partial charge in [0.25, 0.3) is 0 Å². The van der Waals surface area contributed by atoms with Crippen molar-refractivity contribution >= 4 is 40.5 Å². The highest BCUT2D eigenvalue weighted by Crippen LogP contribution is 2.44. The molecule has 0 bridgehead atoms. The first-order valence-electron chi connectivity index (χ1n) is 14.9. The molecule has 11 nitrogen and oxygen atoms in total. The number of likely N-dealkylation sites (N-methyl/N-ethyl adjacent to an activating group) is 2. The van der Waals surface area contributed by atoms with E-state index in [1.807, 2.05) is 57.0 Å². The highest BCUT2D eigenvalue weighted by molar-refractivity contribution is 5.96. The van der Waals surface area contributed by atoms with E-state index in [1.165, 1.54) is 6.20 Å². The SMILES string of the molecule is CCN(CC)CCN(C)c1cc(OC)c(Nc2ncc(C(=O)OC(C)C)c(N3CC(C)(C)c4nc(C)ccc43)n2)cc1N. The third-order valence-electron chi connectivity index (χ3n) is 7.74. The van der Waals surface area contributed by atoms with Gasteiger partial charge in [0.15, 0.2) is 5.82 Å². The first-order chi connectivity index (χ1) is 20.4. The van der Waals surface area contributed by atoms with Crippen molar-refractivity contribution in [2.24, 2.45) is 0 Å². The minimum atomic E-state index is -0.484. The summed E-state index contributed by atoms with van der Waals surface area (Å²) in [4.78, 5) is 33.9. The number of carbonyl (C=O) groups is 1. The first-order valence-corrected chi connectivity index (χ1v) is 14.9. The van der Waals surface area contributed by atoms with E-state index in [1.54, 1.807) is 7.11 Å². The van der Waals surface area contributed by atoms with Crippen LogP contribution in [0.5, 0.6) is 5.75 Å². The second-order valence-corrected chi connectivity index (χ2v) is 11.9. The molecule has 0 saturated heterocycles. The van der Waals surface area contributed by atoms with Crippen molar-refractivity contribution in [2.45, 2.75) is 60.0 Å². The number of rotatable bonds is 12. The standard InChI is InChI=1S/C32H46N8O3/c1-10-39(11-2)15-14-38(8)26-17-27(42-9)24(16-23(26)33)36-31-34-18-22(30(41)43-20(3)4)29(37-31)40-19-32(6,7)28-25(40)13-12-21(5)35-28/h12-13,16-18,20H,10-11,14-15,19,33H2,1-9H3,(H,34,36,37). The van der Waals surface area contributed by atoms with Crippen molar-refractivity contribution < 1.29 is 14.3 Å². The van der Waals surface area contributed by atoms with Gasteiger partial charge < -0.3 is 35.2 Å². The van der Waals surface area contributed by atoms with Gasteiger partial charge in [0, 0.05) is 50.1 Å². The maximum Gasteiger partial charge on any atom is 0.343 e. The zero-order valence-electron chi connectivity index (χ0n) is 27.0. The fourth-order valence-corrected chi connectivity index (χ4v) is 5.33. The van der Waals surface area contributed by atoms with Gasteiger partial charge in [-0.15, -0.1) is 0 Å². The van der Waals surface area contributed by atoms with Gasteiger partial charge in [0.05, 0.1) is 41.7 Å². The lowest BCUT2D eigenvalue weighted by molar-refractivity contribution is 0.0378. The highest BCUT2D eigenvalue weighted by Gasteiger charge is 2.39. The third kappa shape index (κ3) is 6.93. The predicted octanol–water partition coefficient (Wildman–Crippen LogP) is 5.29. The summed E-state index contributed by atoms with van der Waals surface area (Å²) in [5.41, 5.74) is 11.4. The number of aromatic nitrogens is 3. The van der Waals surface area contributed by atoms with Crippen LogP contribution in [0.2, 0.25) is 0 Å². The van der Waals surface area contributed by atoms with Crippen molar-refractivity contribution in [1.82, 2.24) is 19.9 Å². The fraction of sp³-hybridized carbons (Fsp3) is 0.500. The van der Waals surface area contributed by atoms with Gasteiger partial charge in [-0.3, -0.25) is 4.98 Å². The molecule has 2 aromatic heterocycles. The topological polar surface area (TPSA) is 122 Å².